The molecule has 1 unspecified atom stereocenters. The molecule has 2 aromatic heterocycles. The van der Waals surface area contributed by atoms with Gasteiger partial charge in [0.2, 0.25) is 0 Å². The summed E-state index contributed by atoms with van der Waals surface area (Å²) in [7, 11) is 0. The van der Waals surface area contributed by atoms with E-state index >= 15 is 0 Å². The molecule has 4 rings (SSSR count). The van der Waals surface area contributed by atoms with E-state index in [9.17, 15) is 13.2 Å². The van der Waals surface area contributed by atoms with Gasteiger partial charge >= 0.3 is 0 Å². The highest BCUT2D eigenvalue weighted by atomic mass is 32.1. The van der Waals surface area contributed by atoms with Gasteiger partial charge in [-0.05, 0) is 38.1 Å². The zero-order valence-corrected chi connectivity index (χ0v) is 18.1. The van der Waals surface area contributed by atoms with Crippen LogP contribution in [-0.2, 0) is 6.54 Å². The Kier molecular flexibility index (Phi) is 5.88. The number of ether oxygens (including phenoxy) is 1. The number of allylic oxidation sites excluding steroid dienone is 1. The summed E-state index contributed by atoms with van der Waals surface area (Å²) in [5.41, 5.74) is 13.2. The number of anilines is 1. The lowest BCUT2D eigenvalue weighted by Gasteiger charge is -2.21. The summed E-state index contributed by atoms with van der Waals surface area (Å²) in [6.07, 6.45) is -1.30. The van der Waals surface area contributed by atoms with Crippen LogP contribution in [0.3, 0.4) is 0 Å². The number of fused-ring (bicyclic) bond motifs is 5. The van der Waals surface area contributed by atoms with Crippen LogP contribution in [0.1, 0.15) is 34.0 Å². The van der Waals surface area contributed by atoms with Gasteiger partial charge in [-0.1, -0.05) is 0 Å². The van der Waals surface area contributed by atoms with Crippen molar-refractivity contribution in [1.82, 2.24) is 9.97 Å². The molecule has 3 heterocycles. The highest BCUT2D eigenvalue weighted by Gasteiger charge is 2.25. The standard InChI is InChI=1S/C22H20F3N5OS/c1-10-15-6-13(23)3-4-14(15)20-18(32-11(2)30-20)9-28-19(16(7-26)21(24)25)12-5-17(31-10)22(27)29-8-12/h3-8,10,21H,9,26H2,1-2H3,(H2,27,29). The lowest BCUT2D eigenvalue weighted by atomic mass is 9.99. The van der Waals surface area contributed by atoms with Crippen molar-refractivity contribution in [3.05, 3.63) is 69.1 Å². The molecule has 2 bridgehead atoms. The van der Waals surface area contributed by atoms with Crippen LogP contribution in [-0.4, -0.2) is 22.1 Å². The minimum Gasteiger partial charge on any atom is -0.482 e. The number of nitrogens with zero attached hydrogens (tertiary/aromatic N) is 3. The van der Waals surface area contributed by atoms with Gasteiger partial charge in [0, 0.05) is 29.1 Å². The molecule has 0 saturated heterocycles. The lowest BCUT2D eigenvalue weighted by molar-refractivity contribution is 0.196. The molecule has 3 aromatic rings. The van der Waals surface area contributed by atoms with Crippen LogP contribution in [0.4, 0.5) is 19.0 Å². The molecule has 0 fully saturated rings. The van der Waals surface area contributed by atoms with Gasteiger partial charge in [0.25, 0.3) is 6.43 Å². The number of aryl methyl sites for hydroxylation is 1. The lowest BCUT2D eigenvalue weighted by Crippen LogP contribution is -2.16. The van der Waals surface area contributed by atoms with E-state index in [0.29, 0.717) is 16.8 Å². The average Bonchev–Trinajstić information content (AvgIpc) is 3.12. The van der Waals surface area contributed by atoms with Gasteiger partial charge in [-0.25, -0.2) is 23.1 Å². The molecule has 166 valence electrons. The smallest absolute Gasteiger partial charge is 0.267 e. The van der Waals surface area contributed by atoms with E-state index in [-0.39, 0.29) is 29.4 Å². The van der Waals surface area contributed by atoms with E-state index in [1.165, 1.54) is 35.7 Å². The van der Waals surface area contributed by atoms with Crippen molar-refractivity contribution in [3.63, 3.8) is 0 Å². The highest BCUT2D eigenvalue weighted by Crippen LogP contribution is 2.37. The van der Waals surface area contributed by atoms with Crippen LogP contribution >= 0.6 is 11.3 Å². The molecule has 1 aliphatic rings. The Labute approximate surface area is 186 Å². The van der Waals surface area contributed by atoms with Crippen molar-refractivity contribution in [3.8, 4) is 17.0 Å². The fraction of sp³-hybridized carbons (Fsp3) is 0.227. The molecular weight excluding hydrogens is 439 g/mol. The molecule has 0 spiro atoms. The van der Waals surface area contributed by atoms with Gasteiger partial charge in [0.1, 0.15) is 11.9 Å². The number of hydrogen-bond acceptors (Lipinski definition) is 7. The first-order valence-corrected chi connectivity index (χ1v) is 10.5. The van der Waals surface area contributed by atoms with E-state index < -0.39 is 23.9 Å². The molecule has 0 amide bonds. The number of aromatic nitrogens is 2. The van der Waals surface area contributed by atoms with Crippen LogP contribution < -0.4 is 16.2 Å². The zero-order chi connectivity index (χ0) is 23.0. The highest BCUT2D eigenvalue weighted by molar-refractivity contribution is 7.12. The second kappa shape index (κ2) is 8.62. The number of halogens is 3. The summed E-state index contributed by atoms with van der Waals surface area (Å²) in [5.74, 6) is -0.191. The quantitative estimate of drug-likeness (QED) is 0.574. The first-order valence-electron chi connectivity index (χ1n) is 9.72. The molecule has 4 N–H and O–H groups in total. The first-order chi connectivity index (χ1) is 15.3. The minimum absolute atomic E-state index is 0.00981. The molecule has 1 atom stereocenters. The van der Waals surface area contributed by atoms with Crippen LogP contribution in [0, 0.1) is 12.7 Å². The van der Waals surface area contributed by atoms with Crippen molar-refractivity contribution < 1.29 is 17.9 Å². The summed E-state index contributed by atoms with van der Waals surface area (Å²) in [6.45, 7) is 3.65. The number of rotatable bonds is 2. The van der Waals surface area contributed by atoms with E-state index in [0.717, 1.165) is 16.1 Å². The fourth-order valence-corrected chi connectivity index (χ4v) is 4.44. The Balaban J connectivity index is 1.99. The van der Waals surface area contributed by atoms with E-state index in [2.05, 4.69) is 15.0 Å². The predicted molar refractivity (Wildman–Crippen MR) is 118 cm³/mol. The SMILES string of the molecule is Cc1nc2c(s1)CN=C(C(=CN)C(F)F)c1cnc(N)c(c1)OC(C)c1cc(F)ccc1-2. The maximum absolute atomic E-state index is 14.1. The van der Waals surface area contributed by atoms with Gasteiger partial charge in [-0.3, -0.25) is 4.99 Å². The fourth-order valence-electron chi connectivity index (χ4n) is 3.56. The normalized spacial score (nSPS) is 16.4. The zero-order valence-electron chi connectivity index (χ0n) is 17.3. The van der Waals surface area contributed by atoms with E-state index in [4.69, 9.17) is 16.2 Å². The van der Waals surface area contributed by atoms with Crippen molar-refractivity contribution in [2.45, 2.75) is 32.9 Å². The largest absolute Gasteiger partial charge is 0.482 e. The summed E-state index contributed by atoms with van der Waals surface area (Å²) >= 11 is 1.39. The van der Waals surface area contributed by atoms with Gasteiger partial charge in [-0.2, -0.15) is 0 Å². The number of nitrogen functional groups attached to an aromatic ring is 1. The monoisotopic (exact) mass is 459 g/mol. The average molecular weight is 459 g/mol. The van der Waals surface area contributed by atoms with Crippen LogP contribution in [0.2, 0.25) is 0 Å². The van der Waals surface area contributed by atoms with Crippen molar-refractivity contribution in [1.29, 1.82) is 0 Å². The van der Waals surface area contributed by atoms with Crippen molar-refractivity contribution in [2.75, 3.05) is 5.73 Å². The van der Waals surface area contributed by atoms with Gasteiger partial charge < -0.3 is 16.2 Å². The van der Waals surface area contributed by atoms with E-state index in [1.54, 1.807) is 13.0 Å². The number of thiazole rings is 1. The molecule has 10 heteroatoms. The maximum Gasteiger partial charge on any atom is 0.267 e. The van der Waals surface area contributed by atoms with Crippen LogP contribution in [0.25, 0.3) is 11.3 Å². The number of hydrogen-bond donors (Lipinski definition) is 2. The summed E-state index contributed by atoms with van der Waals surface area (Å²) in [5, 5.41) is 0.764. The third kappa shape index (κ3) is 4.05. The third-order valence-electron chi connectivity index (χ3n) is 5.04. The Hall–Kier alpha value is -3.40. The summed E-state index contributed by atoms with van der Waals surface area (Å²) in [4.78, 5) is 13.9. The second-order valence-corrected chi connectivity index (χ2v) is 8.48. The van der Waals surface area contributed by atoms with Gasteiger partial charge in [0.15, 0.2) is 11.6 Å². The molecule has 1 aliphatic heterocycles. The molecular formula is C22H20F3N5OS. The second-order valence-electron chi connectivity index (χ2n) is 7.19. The van der Waals surface area contributed by atoms with Crippen molar-refractivity contribution >= 4 is 22.9 Å². The third-order valence-corrected chi connectivity index (χ3v) is 5.99. The Bertz CT molecular complexity index is 1240. The van der Waals surface area contributed by atoms with Crippen LogP contribution in [0.15, 0.2) is 47.2 Å². The number of aliphatic imine (C=N–C) groups is 1. The van der Waals surface area contributed by atoms with Gasteiger partial charge in [0.05, 0.1) is 33.4 Å². The maximum atomic E-state index is 14.1. The molecule has 1 aromatic carbocycles. The Morgan fingerprint density at radius 2 is 2.09 bits per heavy atom. The molecule has 6 nitrogen and oxygen atoms in total. The first kappa shape index (κ1) is 21.8. The van der Waals surface area contributed by atoms with Crippen molar-refractivity contribution in [2.24, 2.45) is 10.7 Å². The molecule has 0 aliphatic carbocycles. The predicted octanol–water partition coefficient (Wildman–Crippen LogP) is 4.79. The topological polar surface area (TPSA) is 99.4 Å². The number of benzene rings is 1. The van der Waals surface area contributed by atoms with Crippen LogP contribution in [0.5, 0.6) is 5.75 Å². The summed E-state index contributed by atoms with van der Waals surface area (Å²) in [6, 6.07) is 5.84. The Morgan fingerprint density at radius 3 is 2.81 bits per heavy atom. The number of alkyl halides is 2. The number of pyridine rings is 1. The van der Waals surface area contributed by atoms with E-state index in [1.807, 2.05) is 6.92 Å². The number of nitrogens with two attached hydrogens (primary N) is 2. The molecule has 32 heavy (non-hydrogen) atoms. The Morgan fingerprint density at radius 1 is 1.31 bits per heavy atom. The molecule has 0 saturated carbocycles. The minimum atomic E-state index is -2.85. The summed E-state index contributed by atoms with van der Waals surface area (Å²) < 4.78 is 47.6. The molecule has 0 radical (unpaired) electrons. The van der Waals surface area contributed by atoms with Gasteiger partial charge in [-0.15, -0.1) is 11.3 Å².